The quantitative estimate of drug-likeness (QED) is 0.411. The largest absolute Gasteiger partial charge is 0.493 e. The number of hydrogen-bond acceptors (Lipinski definition) is 6. The van der Waals surface area contributed by atoms with E-state index in [1.165, 1.54) is 6.07 Å². The number of nitrogens with zero attached hydrogens (tertiary/aromatic N) is 2. The van der Waals surface area contributed by atoms with Crippen molar-refractivity contribution in [2.45, 2.75) is 19.4 Å². The maximum absolute atomic E-state index is 13.0. The topological polar surface area (TPSA) is 93.9 Å². The van der Waals surface area contributed by atoms with Crippen molar-refractivity contribution in [1.29, 1.82) is 0 Å². The summed E-state index contributed by atoms with van der Waals surface area (Å²) in [7, 11) is 3.22. The first kappa shape index (κ1) is 23.3. The third-order valence-corrected chi connectivity index (χ3v) is 6.06. The van der Waals surface area contributed by atoms with Gasteiger partial charge in [0.1, 0.15) is 5.69 Å². The van der Waals surface area contributed by atoms with Crippen LogP contribution in [0.1, 0.15) is 28.3 Å². The molecule has 0 saturated carbocycles. The highest BCUT2D eigenvalue weighted by atomic mass is 16.6. The highest BCUT2D eigenvalue weighted by Gasteiger charge is 2.32. The Morgan fingerprint density at radius 3 is 2.47 bits per heavy atom. The maximum Gasteiger partial charge on any atom is 0.293 e. The minimum Gasteiger partial charge on any atom is -0.493 e. The van der Waals surface area contributed by atoms with E-state index in [9.17, 15) is 14.9 Å². The Morgan fingerprint density at radius 2 is 1.79 bits per heavy atom. The fourth-order valence-electron chi connectivity index (χ4n) is 4.47. The monoisotopic (exact) mass is 461 g/mol. The molecule has 0 bridgehead atoms. The van der Waals surface area contributed by atoms with Gasteiger partial charge in [-0.1, -0.05) is 36.4 Å². The molecule has 1 atom stereocenters. The van der Waals surface area contributed by atoms with Gasteiger partial charge in [-0.2, -0.15) is 0 Å². The first-order chi connectivity index (χ1) is 16.4. The number of anilines is 1. The van der Waals surface area contributed by atoms with Crippen LogP contribution >= 0.6 is 0 Å². The number of methoxy groups -OCH3 is 2. The van der Waals surface area contributed by atoms with Gasteiger partial charge in [-0.3, -0.25) is 19.8 Å². The number of aryl methyl sites for hydroxylation is 1. The Hall–Kier alpha value is -3.91. The summed E-state index contributed by atoms with van der Waals surface area (Å²) in [6.07, 6.45) is 0.733. The molecule has 1 aliphatic rings. The van der Waals surface area contributed by atoms with Gasteiger partial charge >= 0.3 is 0 Å². The van der Waals surface area contributed by atoms with Gasteiger partial charge in [0.25, 0.3) is 5.69 Å². The molecule has 176 valence electrons. The molecule has 0 unspecified atom stereocenters. The molecular formula is C26H27N3O5. The number of hydrogen-bond donors (Lipinski definition) is 1. The molecule has 3 aromatic rings. The molecule has 1 N–H and O–H groups in total. The summed E-state index contributed by atoms with van der Waals surface area (Å²) in [6.45, 7) is 2.50. The number of fused-ring (bicyclic) bond motifs is 1. The second-order valence-electron chi connectivity index (χ2n) is 8.27. The first-order valence-corrected chi connectivity index (χ1v) is 11.0. The number of carbonyl (C=O) groups is 1. The summed E-state index contributed by atoms with van der Waals surface area (Å²) in [5, 5.41) is 14.2. The zero-order valence-corrected chi connectivity index (χ0v) is 19.4. The van der Waals surface area contributed by atoms with Gasteiger partial charge in [0.2, 0.25) is 5.91 Å². The molecule has 0 spiro atoms. The zero-order valence-electron chi connectivity index (χ0n) is 19.4. The fourth-order valence-corrected chi connectivity index (χ4v) is 4.47. The SMILES string of the molecule is COc1cc2c(cc1OC)[C@@H](c1ccccc1)N(CC(=O)Nc1ccc(C)cc1[N+](=O)[O-])CC2. The van der Waals surface area contributed by atoms with Gasteiger partial charge in [-0.15, -0.1) is 0 Å². The van der Waals surface area contributed by atoms with Crippen LogP contribution in [-0.2, 0) is 11.2 Å². The van der Waals surface area contributed by atoms with Crippen LogP contribution in [0.15, 0.2) is 60.7 Å². The second kappa shape index (κ2) is 9.93. The smallest absolute Gasteiger partial charge is 0.293 e. The van der Waals surface area contributed by atoms with Crippen LogP contribution in [0.4, 0.5) is 11.4 Å². The molecule has 0 radical (unpaired) electrons. The van der Waals surface area contributed by atoms with E-state index in [2.05, 4.69) is 10.2 Å². The molecule has 3 aromatic carbocycles. The van der Waals surface area contributed by atoms with Crippen molar-refractivity contribution in [3.05, 3.63) is 93.0 Å². The number of benzene rings is 3. The lowest BCUT2D eigenvalue weighted by atomic mass is 9.87. The van der Waals surface area contributed by atoms with Gasteiger partial charge < -0.3 is 14.8 Å². The summed E-state index contributed by atoms with van der Waals surface area (Å²) < 4.78 is 11.0. The Bertz CT molecular complexity index is 1210. The van der Waals surface area contributed by atoms with E-state index in [1.807, 2.05) is 42.5 Å². The second-order valence-corrected chi connectivity index (χ2v) is 8.27. The van der Waals surface area contributed by atoms with Crippen molar-refractivity contribution >= 4 is 17.3 Å². The van der Waals surface area contributed by atoms with E-state index < -0.39 is 4.92 Å². The van der Waals surface area contributed by atoms with Gasteiger partial charge in [0.15, 0.2) is 11.5 Å². The molecule has 8 nitrogen and oxygen atoms in total. The molecule has 0 aliphatic carbocycles. The molecule has 1 aliphatic heterocycles. The van der Waals surface area contributed by atoms with Gasteiger partial charge in [-0.25, -0.2) is 0 Å². The third-order valence-electron chi connectivity index (χ3n) is 6.06. The highest BCUT2D eigenvalue weighted by molar-refractivity contribution is 5.94. The van der Waals surface area contributed by atoms with Crippen LogP contribution in [0.25, 0.3) is 0 Å². The molecule has 34 heavy (non-hydrogen) atoms. The normalized spacial score (nSPS) is 15.3. The maximum atomic E-state index is 13.0. The molecule has 1 heterocycles. The predicted octanol–water partition coefficient (Wildman–Crippen LogP) is 4.51. The van der Waals surface area contributed by atoms with E-state index in [4.69, 9.17) is 9.47 Å². The van der Waals surface area contributed by atoms with Crippen molar-refractivity contribution in [3.8, 4) is 11.5 Å². The number of nitro groups is 1. The molecule has 0 aromatic heterocycles. The van der Waals surface area contributed by atoms with E-state index in [0.717, 1.165) is 28.7 Å². The van der Waals surface area contributed by atoms with Crippen LogP contribution in [0, 0.1) is 17.0 Å². The van der Waals surface area contributed by atoms with Crippen LogP contribution in [0.5, 0.6) is 11.5 Å². The van der Waals surface area contributed by atoms with Crippen molar-refractivity contribution < 1.29 is 19.2 Å². The average Bonchev–Trinajstić information content (AvgIpc) is 2.84. The molecule has 0 saturated heterocycles. The van der Waals surface area contributed by atoms with E-state index in [-0.39, 0.29) is 29.9 Å². The van der Waals surface area contributed by atoms with Crippen LogP contribution < -0.4 is 14.8 Å². The van der Waals surface area contributed by atoms with Crippen molar-refractivity contribution in [2.75, 3.05) is 32.6 Å². The lowest BCUT2D eigenvalue weighted by Gasteiger charge is -2.37. The summed E-state index contributed by atoms with van der Waals surface area (Å²) in [5.74, 6) is 0.992. The summed E-state index contributed by atoms with van der Waals surface area (Å²) >= 11 is 0. The van der Waals surface area contributed by atoms with Crippen LogP contribution in [0.2, 0.25) is 0 Å². The Morgan fingerprint density at radius 1 is 1.09 bits per heavy atom. The molecule has 1 amide bonds. The van der Waals surface area contributed by atoms with Gasteiger partial charge in [0.05, 0.1) is 31.7 Å². The number of nitrogens with one attached hydrogen (secondary N) is 1. The van der Waals surface area contributed by atoms with E-state index >= 15 is 0 Å². The van der Waals surface area contributed by atoms with Gasteiger partial charge in [0, 0.05) is 12.6 Å². The Balaban J connectivity index is 1.66. The number of carbonyl (C=O) groups excluding carboxylic acids is 1. The standard InChI is InChI=1S/C26H27N3O5/c1-17-9-10-21(22(13-17)29(31)32)27-25(30)16-28-12-11-19-14-23(33-2)24(34-3)15-20(19)26(28)18-7-5-4-6-8-18/h4-10,13-15,26H,11-12,16H2,1-3H3,(H,27,30)/t26-/m1/s1. The summed E-state index contributed by atoms with van der Waals surface area (Å²) in [6, 6.07) is 18.5. The lowest BCUT2D eigenvalue weighted by Crippen LogP contribution is -2.41. The highest BCUT2D eigenvalue weighted by Crippen LogP contribution is 2.41. The third kappa shape index (κ3) is 4.72. The molecule has 4 rings (SSSR count). The van der Waals surface area contributed by atoms with Crippen molar-refractivity contribution in [1.82, 2.24) is 4.90 Å². The summed E-state index contributed by atoms with van der Waals surface area (Å²) in [5.41, 5.74) is 4.06. The average molecular weight is 462 g/mol. The number of amides is 1. The van der Waals surface area contributed by atoms with Gasteiger partial charge in [-0.05, 0) is 53.8 Å². The minimum absolute atomic E-state index is 0.0817. The lowest BCUT2D eigenvalue weighted by molar-refractivity contribution is -0.384. The van der Waals surface area contributed by atoms with Crippen LogP contribution in [-0.4, -0.2) is 43.0 Å². The number of rotatable bonds is 7. The Kier molecular flexibility index (Phi) is 6.79. The van der Waals surface area contributed by atoms with E-state index in [0.29, 0.717) is 18.0 Å². The van der Waals surface area contributed by atoms with Crippen LogP contribution in [0.3, 0.4) is 0 Å². The number of nitro benzene ring substituents is 1. The molecule has 0 fully saturated rings. The fraction of sp³-hybridized carbons (Fsp3) is 0.269. The first-order valence-electron chi connectivity index (χ1n) is 11.0. The molecule has 8 heteroatoms. The van der Waals surface area contributed by atoms with Crippen molar-refractivity contribution in [2.24, 2.45) is 0 Å². The minimum atomic E-state index is -0.480. The predicted molar refractivity (Wildman–Crippen MR) is 130 cm³/mol. The van der Waals surface area contributed by atoms with Crippen molar-refractivity contribution in [3.63, 3.8) is 0 Å². The zero-order chi connectivity index (χ0) is 24.2. The Labute approximate surface area is 198 Å². The summed E-state index contributed by atoms with van der Waals surface area (Å²) in [4.78, 5) is 26.1. The van der Waals surface area contributed by atoms with E-state index in [1.54, 1.807) is 33.3 Å². The molecular weight excluding hydrogens is 434 g/mol. The number of ether oxygens (including phenoxy) is 2.